The molecule has 1 heterocycles. The van der Waals surface area contributed by atoms with E-state index in [0.717, 1.165) is 11.1 Å². The van der Waals surface area contributed by atoms with Crippen LogP contribution in [-0.4, -0.2) is 0 Å². The zero-order valence-electron chi connectivity index (χ0n) is 9.41. The van der Waals surface area contributed by atoms with Gasteiger partial charge in [-0.3, -0.25) is 0 Å². The Morgan fingerprint density at radius 1 is 1.41 bits per heavy atom. The summed E-state index contributed by atoms with van der Waals surface area (Å²) in [5.41, 5.74) is 2.03. The monoisotopic (exact) mass is 253 g/mol. The highest BCUT2D eigenvalue weighted by molar-refractivity contribution is 6.30. The molecular weight excluding hydrogens is 241 g/mol. The van der Waals surface area contributed by atoms with E-state index in [9.17, 15) is 4.39 Å². The van der Waals surface area contributed by atoms with Crippen LogP contribution in [0.5, 0.6) is 0 Å². The normalized spacial score (nSPS) is 12.6. The van der Waals surface area contributed by atoms with Gasteiger partial charge in [-0.15, -0.1) is 0 Å². The highest BCUT2D eigenvalue weighted by Gasteiger charge is 2.06. The molecule has 1 aromatic carbocycles. The van der Waals surface area contributed by atoms with Crippen LogP contribution in [0.4, 0.5) is 4.39 Å². The van der Waals surface area contributed by atoms with Gasteiger partial charge >= 0.3 is 0 Å². The van der Waals surface area contributed by atoms with E-state index in [1.165, 1.54) is 6.07 Å². The Labute approximate surface area is 104 Å². The molecule has 0 saturated carbocycles. The van der Waals surface area contributed by atoms with Gasteiger partial charge in [-0.05, 0) is 30.7 Å². The van der Waals surface area contributed by atoms with Gasteiger partial charge in [-0.1, -0.05) is 17.7 Å². The maximum Gasteiger partial charge on any atom is 0.141 e. The highest BCUT2D eigenvalue weighted by Crippen LogP contribution is 2.17. The molecule has 1 N–H and O–H groups in total. The number of benzene rings is 1. The lowest BCUT2D eigenvalue weighted by Gasteiger charge is -2.12. The molecule has 0 saturated heterocycles. The van der Waals surface area contributed by atoms with Gasteiger partial charge in [-0.2, -0.15) is 0 Å². The molecule has 1 atom stereocenters. The molecule has 17 heavy (non-hydrogen) atoms. The summed E-state index contributed by atoms with van der Waals surface area (Å²) < 4.78 is 18.0. The quantitative estimate of drug-likeness (QED) is 0.893. The first-order chi connectivity index (χ1) is 8.16. The molecule has 0 amide bonds. The highest BCUT2D eigenvalue weighted by atomic mass is 35.5. The summed E-state index contributed by atoms with van der Waals surface area (Å²) in [4.78, 5) is 0. The zero-order chi connectivity index (χ0) is 12.3. The molecule has 0 bridgehead atoms. The second-order valence-electron chi connectivity index (χ2n) is 3.91. The number of hydrogen-bond donors (Lipinski definition) is 1. The smallest absolute Gasteiger partial charge is 0.141 e. The fourth-order valence-electron chi connectivity index (χ4n) is 1.56. The van der Waals surface area contributed by atoms with Crippen molar-refractivity contribution in [2.24, 2.45) is 0 Å². The van der Waals surface area contributed by atoms with E-state index < -0.39 is 5.82 Å². The topological polar surface area (TPSA) is 25.2 Å². The maximum atomic E-state index is 13.0. The van der Waals surface area contributed by atoms with Gasteiger partial charge in [0.15, 0.2) is 0 Å². The summed E-state index contributed by atoms with van der Waals surface area (Å²) in [5, 5.41) is 3.46. The second-order valence-corrected chi connectivity index (χ2v) is 4.31. The predicted molar refractivity (Wildman–Crippen MR) is 65.4 cm³/mol. The Balaban J connectivity index is 1.96. The van der Waals surface area contributed by atoms with Gasteiger partial charge in [-0.25, -0.2) is 4.39 Å². The number of halogens is 2. The predicted octanol–water partition coefficient (Wildman–Crippen LogP) is 3.92. The average Bonchev–Trinajstić information content (AvgIpc) is 2.84. The van der Waals surface area contributed by atoms with Crippen molar-refractivity contribution in [2.45, 2.75) is 19.5 Å². The molecule has 90 valence electrons. The molecule has 2 rings (SSSR count). The van der Waals surface area contributed by atoms with Crippen molar-refractivity contribution in [1.82, 2.24) is 5.32 Å². The molecule has 1 aromatic heterocycles. The molecule has 0 aliphatic carbocycles. The van der Waals surface area contributed by atoms with E-state index >= 15 is 0 Å². The number of nitrogens with one attached hydrogen (secondary N) is 1. The summed E-state index contributed by atoms with van der Waals surface area (Å²) in [7, 11) is 0. The fourth-order valence-corrected chi connectivity index (χ4v) is 1.76. The summed E-state index contributed by atoms with van der Waals surface area (Å²) in [6.45, 7) is 2.67. The van der Waals surface area contributed by atoms with Crippen molar-refractivity contribution < 1.29 is 8.81 Å². The molecule has 0 radical (unpaired) electrons. The minimum Gasteiger partial charge on any atom is -0.472 e. The zero-order valence-corrected chi connectivity index (χ0v) is 10.2. The molecule has 1 unspecified atom stereocenters. The SMILES string of the molecule is CC(NCc1ccc(F)c(Cl)c1)c1ccoc1. The summed E-state index contributed by atoms with van der Waals surface area (Å²) >= 11 is 5.71. The van der Waals surface area contributed by atoms with Gasteiger partial charge in [0, 0.05) is 18.2 Å². The van der Waals surface area contributed by atoms with Crippen LogP contribution in [0.3, 0.4) is 0 Å². The van der Waals surface area contributed by atoms with E-state index in [2.05, 4.69) is 5.32 Å². The Bertz CT molecular complexity index is 484. The summed E-state index contributed by atoms with van der Waals surface area (Å²) in [6.07, 6.45) is 3.34. The van der Waals surface area contributed by atoms with Crippen molar-refractivity contribution in [2.75, 3.05) is 0 Å². The molecule has 4 heteroatoms. The third-order valence-corrected chi connectivity index (χ3v) is 2.93. The molecule has 0 aliphatic rings. The molecule has 2 nitrogen and oxygen atoms in total. The number of rotatable bonds is 4. The first kappa shape index (κ1) is 12.1. The van der Waals surface area contributed by atoms with Crippen LogP contribution < -0.4 is 5.32 Å². The summed E-state index contributed by atoms with van der Waals surface area (Å²) in [6, 6.07) is 6.82. The molecule has 0 aliphatic heterocycles. The minimum atomic E-state index is -0.390. The van der Waals surface area contributed by atoms with E-state index in [4.69, 9.17) is 16.0 Å². The Kier molecular flexibility index (Phi) is 3.82. The van der Waals surface area contributed by atoms with Gasteiger partial charge in [0.1, 0.15) is 5.82 Å². The van der Waals surface area contributed by atoms with Crippen molar-refractivity contribution in [1.29, 1.82) is 0 Å². The van der Waals surface area contributed by atoms with Crippen LogP contribution in [0.15, 0.2) is 41.2 Å². The Morgan fingerprint density at radius 3 is 2.88 bits per heavy atom. The molecule has 0 fully saturated rings. The van der Waals surface area contributed by atoms with Gasteiger partial charge in [0.2, 0.25) is 0 Å². The van der Waals surface area contributed by atoms with Crippen molar-refractivity contribution in [3.8, 4) is 0 Å². The van der Waals surface area contributed by atoms with Gasteiger partial charge in [0.25, 0.3) is 0 Å². The van der Waals surface area contributed by atoms with Crippen molar-refractivity contribution in [3.63, 3.8) is 0 Å². The van der Waals surface area contributed by atoms with E-state index in [1.54, 1.807) is 24.7 Å². The maximum absolute atomic E-state index is 13.0. The number of hydrogen-bond acceptors (Lipinski definition) is 2. The van der Waals surface area contributed by atoms with E-state index in [0.29, 0.717) is 6.54 Å². The van der Waals surface area contributed by atoms with Crippen molar-refractivity contribution in [3.05, 3.63) is 58.8 Å². The standard InChI is InChI=1S/C13H13ClFNO/c1-9(11-4-5-17-8-11)16-7-10-2-3-13(15)12(14)6-10/h2-6,8-9,16H,7H2,1H3. The van der Waals surface area contributed by atoms with Gasteiger partial charge in [0.05, 0.1) is 17.5 Å². The summed E-state index contributed by atoms with van der Waals surface area (Å²) in [5.74, 6) is -0.390. The molecular formula is C13H13ClFNO. The Morgan fingerprint density at radius 2 is 2.24 bits per heavy atom. The van der Waals surface area contributed by atoms with Crippen LogP contribution in [0.1, 0.15) is 24.1 Å². The van der Waals surface area contributed by atoms with Crippen molar-refractivity contribution >= 4 is 11.6 Å². The Hall–Kier alpha value is -1.32. The lowest BCUT2D eigenvalue weighted by molar-refractivity contribution is 0.538. The lowest BCUT2D eigenvalue weighted by atomic mass is 10.1. The minimum absolute atomic E-state index is 0.153. The first-order valence-corrected chi connectivity index (χ1v) is 5.74. The fraction of sp³-hybridized carbons (Fsp3) is 0.231. The van der Waals surface area contributed by atoms with Crippen LogP contribution in [0.2, 0.25) is 5.02 Å². The third-order valence-electron chi connectivity index (χ3n) is 2.64. The molecule has 0 spiro atoms. The van der Waals surface area contributed by atoms with Crippen LogP contribution in [0, 0.1) is 5.82 Å². The average molecular weight is 254 g/mol. The van der Waals surface area contributed by atoms with E-state index in [1.807, 2.05) is 13.0 Å². The van der Waals surface area contributed by atoms with Crippen LogP contribution >= 0.6 is 11.6 Å². The van der Waals surface area contributed by atoms with Gasteiger partial charge < -0.3 is 9.73 Å². The lowest BCUT2D eigenvalue weighted by Crippen LogP contribution is -2.17. The first-order valence-electron chi connectivity index (χ1n) is 5.36. The number of furan rings is 1. The second kappa shape index (κ2) is 5.34. The third kappa shape index (κ3) is 3.08. The molecule has 2 aromatic rings. The van der Waals surface area contributed by atoms with E-state index in [-0.39, 0.29) is 11.1 Å². The van der Waals surface area contributed by atoms with Crippen LogP contribution in [0.25, 0.3) is 0 Å². The largest absolute Gasteiger partial charge is 0.472 e. The van der Waals surface area contributed by atoms with Crippen LogP contribution in [-0.2, 0) is 6.54 Å².